The molecule has 0 aliphatic heterocycles. The van der Waals surface area contributed by atoms with Gasteiger partial charge in [0.2, 0.25) is 0 Å². The molecular formula is C24H19ClN2O2S. The van der Waals surface area contributed by atoms with Crippen molar-refractivity contribution in [1.82, 2.24) is 4.98 Å². The predicted octanol–water partition coefficient (Wildman–Crippen LogP) is 6.46. The zero-order valence-corrected chi connectivity index (χ0v) is 17.8. The maximum Gasteiger partial charge on any atom is 0.262 e. The van der Waals surface area contributed by atoms with E-state index in [-0.39, 0.29) is 12.5 Å². The molecule has 4 rings (SSSR count). The normalized spacial score (nSPS) is 10.6. The number of aryl methyl sites for hydroxylation is 1. The Morgan fingerprint density at radius 2 is 1.90 bits per heavy atom. The van der Waals surface area contributed by atoms with Gasteiger partial charge in [0.1, 0.15) is 10.8 Å². The number of nitrogens with one attached hydrogen (secondary N) is 1. The fourth-order valence-corrected chi connectivity index (χ4v) is 4.12. The van der Waals surface area contributed by atoms with Gasteiger partial charge in [-0.1, -0.05) is 54.1 Å². The Kier molecular flexibility index (Phi) is 6.12. The molecule has 1 N–H and O–H groups in total. The number of amides is 1. The molecular weight excluding hydrogens is 416 g/mol. The number of nitrogens with zero attached hydrogens (tertiary/aromatic N) is 1. The van der Waals surface area contributed by atoms with Crippen LogP contribution in [0.25, 0.3) is 21.8 Å². The number of carbonyl (C=O) groups is 1. The number of hydrogen-bond donors (Lipinski definition) is 1. The Balaban J connectivity index is 1.44. The molecule has 3 aromatic carbocycles. The Bertz CT molecular complexity index is 1190. The fraction of sp³-hybridized carbons (Fsp3) is 0.0833. The summed E-state index contributed by atoms with van der Waals surface area (Å²) in [5, 5.41) is 6.39. The van der Waals surface area contributed by atoms with Gasteiger partial charge in [0, 0.05) is 22.2 Å². The lowest BCUT2D eigenvalue weighted by Crippen LogP contribution is -2.20. The van der Waals surface area contributed by atoms with E-state index in [1.807, 2.05) is 85.1 Å². The van der Waals surface area contributed by atoms with Crippen LogP contribution in [0.1, 0.15) is 5.56 Å². The van der Waals surface area contributed by atoms with E-state index in [9.17, 15) is 4.79 Å². The van der Waals surface area contributed by atoms with E-state index in [0.717, 1.165) is 27.4 Å². The first-order valence-electron chi connectivity index (χ1n) is 9.39. The molecule has 0 saturated heterocycles. The number of ether oxygens (including phenoxy) is 1. The Morgan fingerprint density at radius 3 is 2.73 bits per heavy atom. The molecule has 1 aromatic heterocycles. The lowest BCUT2D eigenvalue weighted by Gasteiger charge is -2.09. The first-order valence-corrected chi connectivity index (χ1v) is 10.6. The minimum atomic E-state index is -0.219. The van der Waals surface area contributed by atoms with Crippen LogP contribution in [0.5, 0.6) is 5.75 Å². The molecule has 4 aromatic rings. The quantitative estimate of drug-likeness (QED) is 0.379. The highest BCUT2D eigenvalue weighted by molar-refractivity contribution is 7.13. The molecule has 0 spiro atoms. The van der Waals surface area contributed by atoms with Gasteiger partial charge in [-0.15, -0.1) is 11.3 Å². The van der Waals surface area contributed by atoms with Gasteiger partial charge < -0.3 is 10.1 Å². The van der Waals surface area contributed by atoms with Gasteiger partial charge in [-0.2, -0.15) is 0 Å². The largest absolute Gasteiger partial charge is 0.484 e. The predicted molar refractivity (Wildman–Crippen MR) is 123 cm³/mol. The number of benzene rings is 3. The first-order chi connectivity index (χ1) is 14.6. The summed E-state index contributed by atoms with van der Waals surface area (Å²) in [6, 6.07) is 22.9. The zero-order chi connectivity index (χ0) is 20.9. The Labute approximate surface area is 184 Å². The third-order valence-electron chi connectivity index (χ3n) is 4.41. The van der Waals surface area contributed by atoms with Crippen molar-refractivity contribution in [2.75, 3.05) is 11.9 Å². The maximum absolute atomic E-state index is 12.3. The number of hydrogen-bond acceptors (Lipinski definition) is 4. The van der Waals surface area contributed by atoms with Gasteiger partial charge in [0.25, 0.3) is 5.91 Å². The van der Waals surface area contributed by atoms with Crippen molar-refractivity contribution in [2.24, 2.45) is 0 Å². The Hall–Kier alpha value is -3.15. The second-order valence-electron chi connectivity index (χ2n) is 6.75. The first kappa shape index (κ1) is 20.1. The van der Waals surface area contributed by atoms with Crippen molar-refractivity contribution in [1.29, 1.82) is 0 Å². The van der Waals surface area contributed by atoms with Crippen LogP contribution in [0.3, 0.4) is 0 Å². The van der Waals surface area contributed by atoms with Crippen molar-refractivity contribution in [2.45, 2.75) is 6.92 Å². The van der Waals surface area contributed by atoms with Crippen molar-refractivity contribution >= 4 is 34.5 Å². The number of aromatic nitrogens is 1. The zero-order valence-electron chi connectivity index (χ0n) is 16.3. The van der Waals surface area contributed by atoms with Gasteiger partial charge in [0.05, 0.1) is 10.7 Å². The maximum atomic E-state index is 12.3. The number of carbonyl (C=O) groups excluding carboxylic acids is 1. The topological polar surface area (TPSA) is 51.2 Å². The molecule has 0 bridgehead atoms. The summed E-state index contributed by atoms with van der Waals surface area (Å²) in [7, 11) is 0. The lowest BCUT2D eigenvalue weighted by atomic mass is 10.1. The van der Waals surface area contributed by atoms with E-state index < -0.39 is 0 Å². The van der Waals surface area contributed by atoms with E-state index in [4.69, 9.17) is 21.3 Å². The minimum Gasteiger partial charge on any atom is -0.484 e. The molecule has 1 heterocycles. The van der Waals surface area contributed by atoms with Crippen molar-refractivity contribution < 1.29 is 9.53 Å². The van der Waals surface area contributed by atoms with Crippen LogP contribution >= 0.6 is 22.9 Å². The molecule has 0 aliphatic carbocycles. The molecule has 0 unspecified atom stereocenters. The summed E-state index contributed by atoms with van der Waals surface area (Å²) >= 11 is 7.82. The fourth-order valence-electron chi connectivity index (χ4n) is 2.97. The van der Waals surface area contributed by atoms with Gasteiger partial charge in [0.15, 0.2) is 6.61 Å². The lowest BCUT2D eigenvalue weighted by molar-refractivity contribution is -0.118. The van der Waals surface area contributed by atoms with Crippen molar-refractivity contribution in [3.63, 3.8) is 0 Å². The summed E-state index contributed by atoms with van der Waals surface area (Å²) in [6.45, 7) is 1.93. The summed E-state index contributed by atoms with van der Waals surface area (Å²) in [5.74, 6) is 0.456. The molecule has 0 radical (unpaired) electrons. The minimum absolute atomic E-state index is 0.0545. The number of thiazole rings is 1. The molecule has 0 aliphatic rings. The van der Waals surface area contributed by atoms with E-state index in [1.54, 1.807) is 0 Å². The van der Waals surface area contributed by atoms with Crippen LogP contribution in [0, 0.1) is 6.92 Å². The summed E-state index contributed by atoms with van der Waals surface area (Å²) in [6.07, 6.45) is 0. The standard InChI is InChI=1S/C24H19ClN2O2S/c1-16-6-4-9-19(12-16)29-14-23(28)26-18-8-5-7-17(13-18)22-15-30-24(27-22)20-10-2-3-11-21(20)25/h2-13,15H,14H2,1H3,(H,26,28). The van der Waals surface area contributed by atoms with E-state index >= 15 is 0 Å². The molecule has 1 amide bonds. The third-order valence-corrected chi connectivity index (χ3v) is 5.62. The van der Waals surface area contributed by atoms with E-state index in [0.29, 0.717) is 16.5 Å². The Morgan fingerprint density at radius 1 is 1.07 bits per heavy atom. The molecule has 0 saturated carbocycles. The van der Waals surface area contributed by atoms with Crippen molar-refractivity contribution in [3.05, 3.63) is 88.8 Å². The molecule has 4 nitrogen and oxygen atoms in total. The van der Waals surface area contributed by atoms with Crippen LogP contribution in [-0.4, -0.2) is 17.5 Å². The third kappa shape index (κ3) is 4.87. The number of halogens is 1. The average molecular weight is 435 g/mol. The highest BCUT2D eigenvalue weighted by Gasteiger charge is 2.11. The van der Waals surface area contributed by atoms with Crippen LogP contribution in [0.4, 0.5) is 5.69 Å². The molecule has 0 fully saturated rings. The second-order valence-corrected chi connectivity index (χ2v) is 8.02. The summed E-state index contributed by atoms with van der Waals surface area (Å²) in [5.41, 5.74) is 4.44. The highest BCUT2D eigenvalue weighted by Crippen LogP contribution is 2.33. The molecule has 30 heavy (non-hydrogen) atoms. The monoisotopic (exact) mass is 434 g/mol. The number of anilines is 1. The van der Waals surface area contributed by atoms with Crippen molar-refractivity contribution in [3.8, 4) is 27.6 Å². The van der Waals surface area contributed by atoms with Gasteiger partial charge in [-0.3, -0.25) is 4.79 Å². The van der Waals surface area contributed by atoms with Crippen LogP contribution in [-0.2, 0) is 4.79 Å². The average Bonchev–Trinajstić information content (AvgIpc) is 3.23. The SMILES string of the molecule is Cc1cccc(OCC(=O)Nc2cccc(-c3csc(-c4ccccc4Cl)n3)c2)c1. The summed E-state index contributed by atoms with van der Waals surface area (Å²) < 4.78 is 5.56. The molecule has 0 atom stereocenters. The van der Waals surface area contributed by atoms with E-state index in [1.165, 1.54) is 11.3 Å². The smallest absolute Gasteiger partial charge is 0.262 e. The van der Waals surface area contributed by atoms with E-state index in [2.05, 4.69) is 5.32 Å². The highest BCUT2D eigenvalue weighted by atomic mass is 35.5. The summed E-state index contributed by atoms with van der Waals surface area (Å²) in [4.78, 5) is 17.0. The van der Waals surface area contributed by atoms with Crippen LogP contribution in [0.15, 0.2) is 78.2 Å². The van der Waals surface area contributed by atoms with Gasteiger partial charge >= 0.3 is 0 Å². The van der Waals surface area contributed by atoms with Crippen LogP contribution < -0.4 is 10.1 Å². The number of rotatable bonds is 6. The van der Waals surface area contributed by atoms with Gasteiger partial charge in [-0.25, -0.2) is 4.98 Å². The molecule has 6 heteroatoms. The van der Waals surface area contributed by atoms with Crippen LogP contribution in [0.2, 0.25) is 5.02 Å². The second kappa shape index (κ2) is 9.11. The molecule has 150 valence electrons. The van der Waals surface area contributed by atoms with Gasteiger partial charge in [-0.05, 0) is 42.8 Å².